The molecule has 0 unspecified atom stereocenters. The molecule has 5 nitrogen and oxygen atoms in total. The van der Waals surface area contributed by atoms with E-state index in [0.29, 0.717) is 11.3 Å². The van der Waals surface area contributed by atoms with Crippen LogP contribution in [-0.4, -0.2) is 41.1 Å². The van der Waals surface area contributed by atoms with Crippen molar-refractivity contribution in [2.45, 2.75) is 57.0 Å². The Morgan fingerprint density at radius 3 is 2.48 bits per heavy atom. The van der Waals surface area contributed by atoms with E-state index in [1.165, 1.54) is 44.2 Å². The zero-order chi connectivity index (χ0) is 18.6. The van der Waals surface area contributed by atoms with Crippen molar-refractivity contribution in [3.05, 3.63) is 41.8 Å². The maximum absolute atomic E-state index is 13.0. The van der Waals surface area contributed by atoms with E-state index in [9.17, 15) is 9.18 Å². The fraction of sp³-hybridized carbons (Fsp3) is 0.524. The summed E-state index contributed by atoms with van der Waals surface area (Å²) in [6.07, 6.45) is 8.68. The van der Waals surface area contributed by atoms with E-state index in [0.717, 1.165) is 32.0 Å². The molecule has 1 saturated carbocycles. The van der Waals surface area contributed by atoms with Crippen LogP contribution in [0.2, 0.25) is 0 Å². The third kappa shape index (κ3) is 4.38. The summed E-state index contributed by atoms with van der Waals surface area (Å²) in [7, 11) is 0. The maximum Gasteiger partial charge on any atom is 0.273 e. The summed E-state index contributed by atoms with van der Waals surface area (Å²) >= 11 is 0. The van der Waals surface area contributed by atoms with E-state index in [1.54, 1.807) is 18.2 Å². The van der Waals surface area contributed by atoms with Crippen molar-refractivity contribution >= 4 is 5.91 Å². The first-order chi connectivity index (χ1) is 13.2. The minimum atomic E-state index is -0.309. The van der Waals surface area contributed by atoms with E-state index in [2.05, 4.69) is 15.4 Å². The van der Waals surface area contributed by atoms with Crippen molar-refractivity contribution in [3.8, 4) is 11.3 Å². The number of carbonyl (C=O) groups is 1. The van der Waals surface area contributed by atoms with Gasteiger partial charge in [0.05, 0.1) is 0 Å². The molecule has 0 bridgehead atoms. The minimum Gasteiger partial charge on any atom is -0.355 e. The SMILES string of the molecule is O=C(NC1CCN(C2CCCCC2)CC1)c1cc(-c2ccc(F)cc2)on1. The summed E-state index contributed by atoms with van der Waals surface area (Å²) in [4.78, 5) is 15.1. The number of aromatic nitrogens is 1. The number of halogens is 1. The maximum atomic E-state index is 13.0. The molecule has 2 fully saturated rings. The lowest BCUT2D eigenvalue weighted by Gasteiger charge is -2.39. The van der Waals surface area contributed by atoms with Gasteiger partial charge in [-0.1, -0.05) is 24.4 Å². The van der Waals surface area contributed by atoms with E-state index < -0.39 is 0 Å². The molecule has 2 aliphatic rings. The first-order valence-electron chi connectivity index (χ1n) is 9.96. The lowest BCUT2D eigenvalue weighted by atomic mass is 9.92. The van der Waals surface area contributed by atoms with Crippen molar-refractivity contribution in [2.24, 2.45) is 0 Å². The molecule has 2 heterocycles. The van der Waals surface area contributed by atoms with E-state index in [4.69, 9.17) is 4.52 Å². The summed E-state index contributed by atoms with van der Waals surface area (Å²) in [5.41, 5.74) is 0.966. The molecule has 27 heavy (non-hydrogen) atoms. The highest BCUT2D eigenvalue weighted by atomic mass is 19.1. The Labute approximate surface area is 158 Å². The molecular formula is C21H26FN3O2. The second-order valence-electron chi connectivity index (χ2n) is 7.66. The lowest BCUT2D eigenvalue weighted by molar-refractivity contribution is 0.0857. The molecule has 1 aromatic carbocycles. The topological polar surface area (TPSA) is 58.4 Å². The summed E-state index contributed by atoms with van der Waals surface area (Å²) in [5, 5.41) is 6.96. The van der Waals surface area contributed by atoms with Gasteiger partial charge in [-0.15, -0.1) is 0 Å². The third-order valence-electron chi connectivity index (χ3n) is 5.83. The van der Waals surface area contributed by atoms with Gasteiger partial charge in [-0.2, -0.15) is 0 Å². The minimum absolute atomic E-state index is 0.184. The van der Waals surface area contributed by atoms with Crippen molar-refractivity contribution in [1.82, 2.24) is 15.4 Å². The fourth-order valence-electron chi connectivity index (χ4n) is 4.25. The first-order valence-corrected chi connectivity index (χ1v) is 9.96. The number of nitrogens with zero attached hydrogens (tertiary/aromatic N) is 2. The Morgan fingerprint density at radius 1 is 1.07 bits per heavy atom. The average molecular weight is 371 g/mol. The highest BCUT2D eigenvalue weighted by Crippen LogP contribution is 2.25. The van der Waals surface area contributed by atoms with Gasteiger partial charge in [-0.05, 0) is 49.9 Å². The molecular weight excluding hydrogens is 345 g/mol. The number of hydrogen-bond donors (Lipinski definition) is 1. The monoisotopic (exact) mass is 371 g/mol. The molecule has 1 aliphatic carbocycles. The number of amides is 1. The molecule has 4 rings (SSSR count). The van der Waals surface area contributed by atoms with Gasteiger partial charge < -0.3 is 14.7 Å². The Balaban J connectivity index is 1.30. The molecule has 1 N–H and O–H groups in total. The number of hydrogen-bond acceptors (Lipinski definition) is 4. The molecule has 0 radical (unpaired) electrons. The van der Waals surface area contributed by atoms with Crippen molar-refractivity contribution < 1.29 is 13.7 Å². The molecule has 1 saturated heterocycles. The molecule has 0 spiro atoms. The predicted octanol–water partition coefficient (Wildman–Crippen LogP) is 4.01. The van der Waals surface area contributed by atoms with Crippen molar-refractivity contribution in [1.29, 1.82) is 0 Å². The van der Waals surface area contributed by atoms with Gasteiger partial charge in [-0.25, -0.2) is 4.39 Å². The number of carbonyl (C=O) groups excluding carboxylic acids is 1. The van der Waals surface area contributed by atoms with Crippen LogP contribution < -0.4 is 5.32 Å². The number of likely N-dealkylation sites (tertiary alicyclic amines) is 1. The molecule has 0 atom stereocenters. The number of benzene rings is 1. The summed E-state index contributed by atoms with van der Waals surface area (Å²) < 4.78 is 18.3. The predicted molar refractivity (Wildman–Crippen MR) is 101 cm³/mol. The Hall–Kier alpha value is -2.21. The second kappa shape index (κ2) is 8.21. The summed E-state index contributed by atoms with van der Waals surface area (Å²) in [5.74, 6) is -0.0497. The van der Waals surface area contributed by atoms with Gasteiger partial charge in [0.15, 0.2) is 11.5 Å². The standard InChI is InChI=1S/C21H26FN3O2/c22-16-8-6-15(7-9-16)20-14-19(24-27-20)21(26)23-17-10-12-25(13-11-17)18-4-2-1-3-5-18/h6-9,14,17-18H,1-5,10-13H2,(H,23,26). The molecule has 144 valence electrons. The number of rotatable bonds is 4. The molecule has 1 amide bonds. The van der Waals surface area contributed by atoms with E-state index in [1.807, 2.05) is 0 Å². The number of piperidine rings is 1. The van der Waals surface area contributed by atoms with Crippen LogP contribution in [0.3, 0.4) is 0 Å². The third-order valence-corrected chi connectivity index (χ3v) is 5.83. The molecule has 1 aromatic heterocycles. The Morgan fingerprint density at radius 2 is 1.78 bits per heavy atom. The normalized spacial score (nSPS) is 19.9. The Bertz CT molecular complexity index is 760. The molecule has 6 heteroatoms. The van der Waals surface area contributed by atoms with Gasteiger partial charge in [0, 0.05) is 36.8 Å². The highest BCUT2D eigenvalue weighted by Gasteiger charge is 2.27. The van der Waals surface area contributed by atoms with Gasteiger partial charge in [0.1, 0.15) is 5.82 Å². The molecule has 2 aromatic rings. The van der Waals surface area contributed by atoms with Crippen molar-refractivity contribution in [2.75, 3.05) is 13.1 Å². The quantitative estimate of drug-likeness (QED) is 0.882. The van der Waals surface area contributed by atoms with E-state index in [-0.39, 0.29) is 23.5 Å². The highest BCUT2D eigenvalue weighted by molar-refractivity contribution is 5.93. The lowest BCUT2D eigenvalue weighted by Crippen LogP contribution is -2.48. The van der Waals surface area contributed by atoms with Gasteiger partial charge in [0.25, 0.3) is 5.91 Å². The van der Waals surface area contributed by atoms with Crippen LogP contribution in [0.4, 0.5) is 4.39 Å². The smallest absolute Gasteiger partial charge is 0.273 e. The fourth-order valence-corrected chi connectivity index (χ4v) is 4.25. The van der Waals surface area contributed by atoms with Crippen LogP contribution in [0.5, 0.6) is 0 Å². The first kappa shape index (κ1) is 18.2. The number of nitrogens with one attached hydrogen (secondary N) is 1. The van der Waals surface area contributed by atoms with Crippen LogP contribution in [0.15, 0.2) is 34.9 Å². The van der Waals surface area contributed by atoms with Crippen LogP contribution in [0.1, 0.15) is 55.4 Å². The largest absolute Gasteiger partial charge is 0.355 e. The van der Waals surface area contributed by atoms with Crippen LogP contribution in [-0.2, 0) is 0 Å². The summed E-state index contributed by atoms with van der Waals surface area (Å²) in [6.45, 7) is 2.10. The Kier molecular flexibility index (Phi) is 5.53. The van der Waals surface area contributed by atoms with Crippen LogP contribution in [0, 0.1) is 5.82 Å². The molecule has 1 aliphatic heterocycles. The van der Waals surface area contributed by atoms with Crippen LogP contribution >= 0.6 is 0 Å². The van der Waals surface area contributed by atoms with Crippen molar-refractivity contribution in [3.63, 3.8) is 0 Å². The zero-order valence-electron chi connectivity index (χ0n) is 15.5. The van der Waals surface area contributed by atoms with Gasteiger partial charge in [0.2, 0.25) is 0 Å². The van der Waals surface area contributed by atoms with Crippen LogP contribution in [0.25, 0.3) is 11.3 Å². The van der Waals surface area contributed by atoms with Gasteiger partial charge in [-0.3, -0.25) is 4.79 Å². The average Bonchev–Trinajstić information content (AvgIpc) is 3.20. The summed E-state index contributed by atoms with van der Waals surface area (Å²) in [6, 6.07) is 8.47. The second-order valence-corrected chi connectivity index (χ2v) is 7.66. The van der Waals surface area contributed by atoms with Gasteiger partial charge >= 0.3 is 0 Å². The van der Waals surface area contributed by atoms with E-state index >= 15 is 0 Å². The zero-order valence-corrected chi connectivity index (χ0v) is 15.5.